The first-order valence-corrected chi connectivity index (χ1v) is 11.4. The highest BCUT2D eigenvalue weighted by Gasteiger charge is 2.09. The summed E-state index contributed by atoms with van der Waals surface area (Å²) in [5.74, 6) is 0.555. The van der Waals surface area contributed by atoms with E-state index in [-0.39, 0.29) is 0 Å². The Morgan fingerprint density at radius 1 is 0.935 bits per heavy atom. The minimum Gasteiger partial charge on any atom is -0.379 e. The van der Waals surface area contributed by atoms with Crippen LogP contribution in [0, 0.1) is 0 Å². The van der Waals surface area contributed by atoms with Crippen LogP contribution in [0.4, 0.5) is 0 Å². The number of nitrogens with zero attached hydrogens (tertiary/aromatic N) is 3. The first-order valence-electron chi connectivity index (χ1n) is 11.4. The average molecular weight is 424 g/mol. The Morgan fingerprint density at radius 3 is 2.16 bits per heavy atom. The average Bonchev–Trinajstić information content (AvgIpc) is 2.81. The fraction of sp³-hybridized carbons (Fsp3) is 0.480. The summed E-state index contributed by atoms with van der Waals surface area (Å²) in [7, 11) is 0. The van der Waals surface area contributed by atoms with Crippen molar-refractivity contribution in [3.63, 3.8) is 0 Å². The maximum atomic E-state index is 6.05. The molecule has 31 heavy (non-hydrogen) atoms. The molecule has 0 radical (unpaired) electrons. The minimum atomic E-state index is 0.555. The zero-order valence-corrected chi connectivity index (χ0v) is 18.6. The maximum absolute atomic E-state index is 6.05. The van der Waals surface area contributed by atoms with Gasteiger partial charge in [0.1, 0.15) is 0 Å². The molecule has 0 spiro atoms. The molecular weight excluding hydrogens is 386 g/mol. The predicted octanol–water partition coefficient (Wildman–Crippen LogP) is 2.71. The third-order valence-electron chi connectivity index (χ3n) is 5.47. The molecule has 1 saturated heterocycles. The van der Waals surface area contributed by atoms with Crippen LogP contribution >= 0.6 is 0 Å². The number of ether oxygens (including phenoxy) is 1. The molecule has 6 nitrogen and oxygen atoms in total. The van der Waals surface area contributed by atoms with Crippen LogP contribution in [-0.4, -0.2) is 68.2 Å². The second-order valence-corrected chi connectivity index (χ2v) is 8.04. The summed E-state index contributed by atoms with van der Waals surface area (Å²) in [6.07, 6.45) is 2.05. The van der Waals surface area contributed by atoms with E-state index in [9.17, 15) is 0 Å². The first kappa shape index (κ1) is 23.3. The van der Waals surface area contributed by atoms with E-state index in [1.54, 1.807) is 0 Å². The number of aliphatic imine (C=N–C) groups is 1. The Morgan fingerprint density at radius 2 is 1.55 bits per heavy atom. The van der Waals surface area contributed by atoms with Gasteiger partial charge in [0.15, 0.2) is 5.96 Å². The molecule has 0 atom stereocenters. The highest BCUT2D eigenvalue weighted by Crippen LogP contribution is 2.10. The molecule has 1 heterocycles. The molecule has 1 fully saturated rings. The van der Waals surface area contributed by atoms with Gasteiger partial charge < -0.3 is 15.8 Å². The lowest BCUT2D eigenvalue weighted by Gasteiger charge is -2.26. The Hall–Kier alpha value is -2.41. The Balaban J connectivity index is 1.37. The van der Waals surface area contributed by atoms with Gasteiger partial charge in [-0.15, -0.1) is 0 Å². The van der Waals surface area contributed by atoms with Crippen LogP contribution < -0.4 is 11.1 Å². The third-order valence-corrected chi connectivity index (χ3v) is 5.47. The summed E-state index contributed by atoms with van der Waals surface area (Å²) in [4.78, 5) is 9.43. The van der Waals surface area contributed by atoms with E-state index < -0.39 is 0 Å². The summed E-state index contributed by atoms with van der Waals surface area (Å²) < 4.78 is 5.38. The normalized spacial score (nSPS) is 15.3. The first-order chi connectivity index (χ1) is 15.3. The van der Waals surface area contributed by atoms with Gasteiger partial charge in [-0.25, -0.2) is 0 Å². The van der Waals surface area contributed by atoms with Crippen molar-refractivity contribution >= 4 is 5.96 Å². The molecule has 0 amide bonds. The number of rotatable bonds is 12. The van der Waals surface area contributed by atoms with E-state index in [0.29, 0.717) is 5.96 Å². The van der Waals surface area contributed by atoms with Gasteiger partial charge in [0.25, 0.3) is 0 Å². The van der Waals surface area contributed by atoms with Crippen LogP contribution in [0.5, 0.6) is 0 Å². The summed E-state index contributed by atoms with van der Waals surface area (Å²) in [5.41, 5.74) is 8.72. The van der Waals surface area contributed by atoms with E-state index in [2.05, 4.69) is 80.8 Å². The second-order valence-electron chi connectivity index (χ2n) is 8.04. The lowest BCUT2D eigenvalue weighted by molar-refractivity contribution is 0.0376. The molecule has 0 saturated carbocycles. The zero-order chi connectivity index (χ0) is 21.6. The monoisotopic (exact) mass is 423 g/mol. The van der Waals surface area contributed by atoms with Crippen LogP contribution in [-0.2, 0) is 17.8 Å². The van der Waals surface area contributed by atoms with E-state index in [1.807, 2.05) is 0 Å². The topological polar surface area (TPSA) is 66.1 Å². The smallest absolute Gasteiger partial charge is 0.188 e. The van der Waals surface area contributed by atoms with E-state index in [0.717, 1.165) is 78.4 Å². The van der Waals surface area contributed by atoms with Crippen molar-refractivity contribution in [2.24, 2.45) is 10.7 Å². The molecule has 168 valence electrons. The Bertz CT molecular complexity index is 706. The quantitative estimate of drug-likeness (QED) is 0.312. The van der Waals surface area contributed by atoms with Gasteiger partial charge in [-0.3, -0.25) is 14.8 Å². The van der Waals surface area contributed by atoms with Crippen molar-refractivity contribution in [1.29, 1.82) is 0 Å². The maximum Gasteiger partial charge on any atom is 0.188 e. The highest BCUT2D eigenvalue weighted by atomic mass is 16.5. The van der Waals surface area contributed by atoms with Gasteiger partial charge >= 0.3 is 0 Å². The lowest BCUT2D eigenvalue weighted by Crippen LogP contribution is -2.39. The van der Waals surface area contributed by atoms with Gasteiger partial charge in [0.2, 0.25) is 0 Å². The van der Waals surface area contributed by atoms with Crippen LogP contribution in [0.1, 0.15) is 24.0 Å². The van der Waals surface area contributed by atoms with Crippen LogP contribution in [0.3, 0.4) is 0 Å². The van der Waals surface area contributed by atoms with Crippen molar-refractivity contribution in [2.45, 2.75) is 25.9 Å². The molecule has 2 aromatic rings. The molecule has 0 aromatic heterocycles. The highest BCUT2D eigenvalue weighted by molar-refractivity contribution is 5.77. The molecule has 3 N–H and O–H groups in total. The van der Waals surface area contributed by atoms with Crippen molar-refractivity contribution in [1.82, 2.24) is 15.1 Å². The van der Waals surface area contributed by atoms with Crippen LogP contribution in [0.2, 0.25) is 0 Å². The summed E-state index contributed by atoms with van der Waals surface area (Å²) in [6, 6.07) is 21.3. The Labute approximate surface area is 187 Å². The fourth-order valence-electron chi connectivity index (χ4n) is 3.79. The van der Waals surface area contributed by atoms with Crippen molar-refractivity contribution < 1.29 is 4.74 Å². The van der Waals surface area contributed by atoms with E-state index in [4.69, 9.17) is 10.5 Å². The Kier molecular flexibility index (Phi) is 10.4. The summed E-state index contributed by atoms with van der Waals surface area (Å²) in [5, 5.41) is 3.25. The minimum absolute atomic E-state index is 0.555. The second kappa shape index (κ2) is 13.8. The SMILES string of the molecule is NC(=NCCCN(Cc1ccccc1)Cc1ccccc1)NCCCN1CCOCC1. The summed E-state index contributed by atoms with van der Waals surface area (Å²) >= 11 is 0. The van der Waals surface area contributed by atoms with Crippen molar-refractivity contribution in [3.05, 3.63) is 71.8 Å². The molecule has 0 bridgehead atoms. The molecule has 3 rings (SSSR count). The van der Waals surface area contributed by atoms with Crippen LogP contribution in [0.15, 0.2) is 65.7 Å². The van der Waals surface area contributed by atoms with E-state index in [1.165, 1.54) is 11.1 Å². The fourth-order valence-corrected chi connectivity index (χ4v) is 3.79. The number of benzene rings is 2. The molecule has 1 aliphatic rings. The lowest BCUT2D eigenvalue weighted by atomic mass is 10.1. The number of morpholine rings is 1. The van der Waals surface area contributed by atoms with Crippen molar-refractivity contribution in [2.75, 3.05) is 52.5 Å². The van der Waals surface area contributed by atoms with Gasteiger partial charge in [0.05, 0.1) is 13.2 Å². The van der Waals surface area contributed by atoms with Gasteiger partial charge in [-0.05, 0) is 30.5 Å². The molecular formula is C25H37N5O. The number of nitrogens with two attached hydrogens (primary N) is 1. The molecule has 6 heteroatoms. The van der Waals surface area contributed by atoms with Gasteiger partial charge in [0, 0.05) is 45.8 Å². The van der Waals surface area contributed by atoms with Gasteiger partial charge in [-0.2, -0.15) is 0 Å². The number of hydrogen-bond donors (Lipinski definition) is 2. The molecule has 0 unspecified atom stereocenters. The summed E-state index contributed by atoms with van der Waals surface area (Å²) in [6.45, 7) is 9.31. The van der Waals surface area contributed by atoms with Gasteiger partial charge in [-0.1, -0.05) is 60.7 Å². The molecule has 2 aromatic carbocycles. The zero-order valence-electron chi connectivity index (χ0n) is 18.6. The van der Waals surface area contributed by atoms with E-state index >= 15 is 0 Å². The number of nitrogens with one attached hydrogen (secondary N) is 1. The third kappa shape index (κ3) is 9.51. The predicted molar refractivity (Wildman–Crippen MR) is 128 cm³/mol. The molecule has 1 aliphatic heterocycles. The molecule has 0 aliphatic carbocycles. The number of guanidine groups is 1. The standard InChI is InChI=1S/C25H37N5O/c26-25(27-13-7-15-29-17-19-31-20-18-29)28-14-8-16-30(21-23-9-3-1-4-10-23)22-24-11-5-2-6-12-24/h1-6,9-12H,7-8,13-22H2,(H3,26,27,28). The van der Waals surface area contributed by atoms with Crippen molar-refractivity contribution in [3.8, 4) is 0 Å². The number of hydrogen-bond acceptors (Lipinski definition) is 4. The van der Waals surface area contributed by atoms with Crippen LogP contribution in [0.25, 0.3) is 0 Å². The largest absolute Gasteiger partial charge is 0.379 e.